The summed E-state index contributed by atoms with van der Waals surface area (Å²) in [5, 5.41) is 10.5. The summed E-state index contributed by atoms with van der Waals surface area (Å²) in [4.78, 5) is 10.5. The van der Waals surface area contributed by atoms with Gasteiger partial charge in [-0.3, -0.25) is 0 Å². The fourth-order valence-electron chi connectivity index (χ4n) is 4.64. The van der Waals surface area contributed by atoms with Gasteiger partial charge in [0.2, 0.25) is 0 Å². The lowest BCUT2D eigenvalue weighted by Gasteiger charge is -2.31. The maximum atomic E-state index is 10.5. The number of unbranched alkanes of at least 4 members (excludes halogenated alkanes) is 13. The molecule has 0 atom stereocenters. The van der Waals surface area contributed by atoms with Gasteiger partial charge in [0, 0.05) is 11.5 Å². The third-order valence-electron chi connectivity index (χ3n) is 6.66. The van der Waals surface area contributed by atoms with Crippen LogP contribution in [0.15, 0.2) is 24.3 Å². The zero-order valence-corrected chi connectivity index (χ0v) is 21.5. The maximum Gasteiger partial charge on any atom is 0.104 e. The highest BCUT2D eigenvalue weighted by Crippen LogP contribution is 2.19. The number of hydrogen-bond donors (Lipinski definition) is 0. The quantitative estimate of drug-likeness (QED) is 0.154. The molecule has 0 spiro atoms. The molecular formula is C29H51NO2. The van der Waals surface area contributed by atoms with Gasteiger partial charge in [-0.25, -0.2) is 0 Å². The molecule has 0 amide bonds. The highest BCUT2D eigenvalue weighted by molar-refractivity contribution is 5.64. The molecule has 1 aromatic rings. The third kappa shape index (κ3) is 15.5. The summed E-state index contributed by atoms with van der Waals surface area (Å²) >= 11 is 0. The molecule has 0 aliphatic carbocycles. The molecule has 0 N–H and O–H groups in total. The second-order valence-electron chi connectivity index (χ2n) is 10.4. The lowest BCUT2D eigenvalue weighted by molar-refractivity contribution is -0.903. The van der Waals surface area contributed by atoms with E-state index in [9.17, 15) is 9.90 Å². The number of nitrogens with zero attached hydrogens (tertiary/aromatic N) is 1. The van der Waals surface area contributed by atoms with Crippen molar-refractivity contribution in [1.29, 1.82) is 0 Å². The van der Waals surface area contributed by atoms with Gasteiger partial charge in [0.1, 0.15) is 6.54 Å². The topological polar surface area (TPSA) is 40.1 Å². The van der Waals surface area contributed by atoms with Crippen LogP contribution in [0.2, 0.25) is 0 Å². The average Bonchev–Trinajstić information content (AvgIpc) is 2.75. The fraction of sp³-hybridized carbons (Fsp3) is 0.759. The summed E-state index contributed by atoms with van der Waals surface area (Å²) in [5.74, 6) is -0.925. The van der Waals surface area contributed by atoms with E-state index in [-0.39, 0.29) is 6.42 Å². The van der Waals surface area contributed by atoms with E-state index in [1.807, 2.05) is 0 Å². The van der Waals surface area contributed by atoms with E-state index in [1.54, 1.807) is 0 Å². The molecule has 3 nitrogen and oxygen atoms in total. The van der Waals surface area contributed by atoms with Crippen molar-refractivity contribution in [1.82, 2.24) is 0 Å². The molecule has 3 heteroatoms. The van der Waals surface area contributed by atoms with Gasteiger partial charge >= 0.3 is 0 Å². The summed E-state index contributed by atoms with van der Waals surface area (Å²) in [6.07, 6.45) is 20.9. The Balaban J connectivity index is 2.19. The van der Waals surface area contributed by atoms with E-state index >= 15 is 0 Å². The van der Waals surface area contributed by atoms with E-state index < -0.39 is 5.97 Å². The molecule has 1 rings (SSSR count). The van der Waals surface area contributed by atoms with Gasteiger partial charge in [-0.05, 0) is 44.1 Å². The lowest BCUT2D eigenvalue weighted by atomic mass is 9.99. The monoisotopic (exact) mass is 445 g/mol. The van der Waals surface area contributed by atoms with Gasteiger partial charge in [0.15, 0.2) is 0 Å². The number of quaternary nitrogens is 1. The number of hydrogen-bond acceptors (Lipinski definition) is 2. The number of carboxylic acids is 1. The van der Waals surface area contributed by atoms with Crippen LogP contribution in [0.25, 0.3) is 0 Å². The highest BCUT2D eigenvalue weighted by atomic mass is 16.4. The first-order valence-electron chi connectivity index (χ1n) is 13.5. The van der Waals surface area contributed by atoms with Gasteiger partial charge < -0.3 is 14.4 Å². The van der Waals surface area contributed by atoms with Crippen molar-refractivity contribution < 1.29 is 14.4 Å². The van der Waals surface area contributed by atoms with Crippen LogP contribution in [-0.4, -0.2) is 31.1 Å². The lowest BCUT2D eigenvalue weighted by Crippen LogP contribution is -2.39. The average molecular weight is 446 g/mol. The smallest absolute Gasteiger partial charge is 0.104 e. The second-order valence-corrected chi connectivity index (χ2v) is 10.4. The SMILES string of the molecule is CCCCCCCCCCCCCCc1ccccc1C[N+](C)(C)CCCCCC(=O)[O-]. The summed E-state index contributed by atoms with van der Waals surface area (Å²) in [6, 6.07) is 8.96. The highest BCUT2D eigenvalue weighted by Gasteiger charge is 2.17. The predicted octanol–water partition coefficient (Wildman–Crippen LogP) is 6.82. The van der Waals surface area contributed by atoms with E-state index in [0.717, 1.165) is 36.8 Å². The van der Waals surface area contributed by atoms with Gasteiger partial charge in [0.05, 0.1) is 20.6 Å². The van der Waals surface area contributed by atoms with Crippen LogP contribution >= 0.6 is 0 Å². The van der Waals surface area contributed by atoms with Crippen LogP contribution < -0.4 is 5.11 Å². The van der Waals surface area contributed by atoms with E-state index in [1.165, 1.54) is 94.6 Å². The maximum absolute atomic E-state index is 10.5. The van der Waals surface area contributed by atoms with Crippen LogP contribution in [0.5, 0.6) is 0 Å². The molecule has 184 valence electrons. The molecule has 0 unspecified atom stereocenters. The molecule has 0 fully saturated rings. The third-order valence-corrected chi connectivity index (χ3v) is 6.66. The minimum atomic E-state index is -0.925. The Morgan fingerprint density at radius 1 is 0.719 bits per heavy atom. The van der Waals surface area contributed by atoms with Crippen LogP contribution in [0, 0.1) is 0 Å². The molecule has 0 saturated heterocycles. The fourth-order valence-corrected chi connectivity index (χ4v) is 4.64. The van der Waals surface area contributed by atoms with Crippen LogP contribution in [0.1, 0.15) is 121 Å². The molecule has 1 aromatic carbocycles. The molecule has 0 aliphatic rings. The number of carbonyl (C=O) groups is 1. The molecule has 32 heavy (non-hydrogen) atoms. The number of rotatable bonds is 21. The zero-order chi connectivity index (χ0) is 23.5. The molecule has 0 bridgehead atoms. The molecular weight excluding hydrogens is 394 g/mol. The number of carboxylic acid groups (broad SMARTS) is 1. The standard InChI is InChI=1S/C29H51NO2/c1-4-5-6-7-8-9-10-11-12-13-14-16-21-27-22-18-19-23-28(27)26-30(2,3)25-20-15-17-24-29(31)32/h18-19,22-23H,4-17,20-21,24-26H2,1-3H3. The minimum Gasteiger partial charge on any atom is -0.550 e. The van der Waals surface area contributed by atoms with Crippen LogP contribution in [0.4, 0.5) is 0 Å². The van der Waals surface area contributed by atoms with Crippen molar-refractivity contribution in [2.75, 3.05) is 20.6 Å². The summed E-state index contributed by atoms with van der Waals surface area (Å²) in [5.41, 5.74) is 3.00. The van der Waals surface area contributed by atoms with Crippen molar-refractivity contribution in [3.05, 3.63) is 35.4 Å². The summed E-state index contributed by atoms with van der Waals surface area (Å²) in [7, 11) is 4.58. The van der Waals surface area contributed by atoms with E-state index in [4.69, 9.17) is 0 Å². The van der Waals surface area contributed by atoms with Crippen molar-refractivity contribution in [3.63, 3.8) is 0 Å². The second kappa shape index (κ2) is 18.1. The van der Waals surface area contributed by atoms with Gasteiger partial charge in [-0.2, -0.15) is 0 Å². The number of carbonyl (C=O) groups excluding carboxylic acids is 1. The van der Waals surface area contributed by atoms with E-state index in [2.05, 4.69) is 45.3 Å². The zero-order valence-electron chi connectivity index (χ0n) is 21.5. The molecule has 0 aromatic heterocycles. The summed E-state index contributed by atoms with van der Waals surface area (Å²) in [6.45, 7) is 4.42. The predicted molar refractivity (Wildman–Crippen MR) is 135 cm³/mol. The van der Waals surface area contributed by atoms with Crippen LogP contribution in [-0.2, 0) is 17.8 Å². The Morgan fingerprint density at radius 3 is 1.78 bits per heavy atom. The Kier molecular flexibility index (Phi) is 16.2. The first-order valence-corrected chi connectivity index (χ1v) is 13.5. The number of benzene rings is 1. The van der Waals surface area contributed by atoms with Crippen molar-refractivity contribution in [2.24, 2.45) is 0 Å². The molecule has 0 saturated carbocycles. The molecule has 0 radical (unpaired) electrons. The van der Waals surface area contributed by atoms with Crippen molar-refractivity contribution in [3.8, 4) is 0 Å². The number of aryl methyl sites for hydroxylation is 1. The van der Waals surface area contributed by atoms with Crippen molar-refractivity contribution >= 4 is 5.97 Å². The summed E-state index contributed by atoms with van der Waals surface area (Å²) < 4.78 is 0.959. The van der Waals surface area contributed by atoms with Gasteiger partial charge in [0.25, 0.3) is 0 Å². The van der Waals surface area contributed by atoms with Gasteiger partial charge in [-0.15, -0.1) is 0 Å². The van der Waals surface area contributed by atoms with Gasteiger partial charge in [-0.1, -0.05) is 102 Å². The Labute approximate surface area is 199 Å². The minimum absolute atomic E-state index is 0.190. The largest absolute Gasteiger partial charge is 0.550 e. The Bertz CT molecular complexity index is 597. The van der Waals surface area contributed by atoms with Crippen molar-refractivity contribution in [2.45, 2.75) is 123 Å². The Morgan fingerprint density at radius 2 is 1.22 bits per heavy atom. The van der Waals surface area contributed by atoms with Crippen LogP contribution in [0.3, 0.4) is 0 Å². The number of aliphatic carboxylic acids is 1. The first kappa shape index (κ1) is 28.7. The molecule has 0 aliphatic heterocycles. The Hall–Kier alpha value is -1.35. The molecule has 0 heterocycles. The first-order chi connectivity index (χ1) is 15.4. The van der Waals surface area contributed by atoms with E-state index in [0.29, 0.717) is 0 Å². The normalized spacial score (nSPS) is 11.7.